The summed E-state index contributed by atoms with van der Waals surface area (Å²) in [6, 6.07) is 19.5. The number of fused-ring (bicyclic) bond motifs is 1. The van der Waals surface area contributed by atoms with Gasteiger partial charge in [0.05, 0.1) is 5.69 Å². The highest BCUT2D eigenvalue weighted by Crippen LogP contribution is 2.26. The first kappa shape index (κ1) is 16.7. The quantitative estimate of drug-likeness (QED) is 0.416. The Morgan fingerprint density at radius 2 is 1.50 bits per heavy atom. The lowest BCUT2D eigenvalue weighted by Gasteiger charge is -2.07. The minimum Gasteiger partial charge on any atom is -0.256 e. The third-order valence-electron chi connectivity index (χ3n) is 4.72. The summed E-state index contributed by atoms with van der Waals surface area (Å²) >= 11 is 0. The van der Waals surface area contributed by atoms with Crippen LogP contribution in [0.25, 0.3) is 22.0 Å². The molecule has 0 aliphatic rings. The topological polar surface area (TPSA) is 12.9 Å². The number of aryl methyl sites for hydroxylation is 1. The molecule has 0 saturated carbocycles. The first-order valence-corrected chi connectivity index (χ1v) is 9.31. The van der Waals surface area contributed by atoms with Crippen molar-refractivity contribution < 1.29 is 0 Å². The van der Waals surface area contributed by atoms with E-state index in [4.69, 9.17) is 0 Å². The zero-order chi connectivity index (χ0) is 16.6. The number of aromatic nitrogens is 1. The Hall–Kier alpha value is -2.15. The predicted molar refractivity (Wildman–Crippen MR) is 104 cm³/mol. The Bertz CT molecular complexity index is 753. The van der Waals surface area contributed by atoms with Gasteiger partial charge >= 0.3 is 0 Å². The smallest absolute Gasteiger partial charge is 0.0780 e. The highest BCUT2D eigenvalue weighted by Gasteiger charge is 2.05. The molecule has 0 atom stereocenters. The van der Waals surface area contributed by atoms with Gasteiger partial charge in [0, 0.05) is 17.1 Å². The van der Waals surface area contributed by atoms with Gasteiger partial charge in [-0.3, -0.25) is 4.98 Å². The predicted octanol–water partition coefficient (Wildman–Crippen LogP) is 6.80. The molecule has 1 heterocycles. The molecule has 0 spiro atoms. The fraction of sp³-hybridized carbons (Fsp3) is 0.348. The van der Waals surface area contributed by atoms with Crippen LogP contribution in [0.2, 0.25) is 0 Å². The van der Waals surface area contributed by atoms with E-state index in [2.05, 4.69) is 66.5 Å². The second kappa shape index (κ2) is 8.63. The third-order valence-corrected chi connectivity index (χ3v) is 4.72. The van der Waals surface area contributed by atoms with Crippen LogP contribution in [-0.2, 0) is 6.42 Å². The summed E-state index contributed by atoms with van der Waals surface area (Å²) in [6.07, 6.45) is 11.2. The molecule has 3 rings (SSSR count). The van der Waals surface area contributed by atoms with E-state index in [-0.39, 0.29) is 0 Å². The number of pyridine rings is 1. The monoisotopic (exact) mass is 317 g/mol. The molecule has 0 radical (unpaired) electrons. The molecule has 1 aromatic heterocycles. The molecule has 0 fully saturated rings. The fourth-order valence-corrected chi connectivity index (χ4v) is 3.29. The summed E-state index contributed by atoms with van der Waals surface area (Å²) < 4.78 is 0. The van der Waals surface area contributed by atoms with Crippen molar-refractivity contribution in [3.05, 3.63) is 66.4 Å². The molecule has 0 aliphatic heterocycles. The van der Waals surface area contributed by atoms with Crippen LogP contribution in [0.1, 0.15) is 51.0 Å². The van der Waals surface area contributed by atoms with Crippen LogP contribution in [0.5, 0.6) is 0 Å². The number of hydrogen-bond donors (Lipinski definition) is 0. The Morgan fingerprint density at radius 1 is 0.750 bits per heavy atom. The van der Waals surface area contributed by atoms with Crippen molar-refractivity contribution in [3.63, 3.8) is 0 Å². The van der Waals surface area contributed by atoms with Gasteiger partial charge in [-0.05, 0) is 29.9 Å². The zero-order valence-electron chi connectivity index (χ0n) is 14.7. The maximum absolute atomic E-state index is 4.61. The van der Waals surface area contributed by atoms with Gasteiger partial charge in [0.25, 0.3) is 0 Å². The summed E-state index contributed by atoms with van der Waals surface area (Å²) in [6.45, 7) is 2.27. The van der Waals surface area contributed by atoms with E-state index in [1.807, 2.05) is 6.20 Å². The van der Waals surface area contributed by atoms with Gasteiger partial charge in [0.2, 0.25) is 0 Å². The number of benzene rings is 2. The Morgan fingerprint density at radius 3 is 2.33 bits per heavy atom. The van der Waals surface area contributed by atoms with Crippen LogP contribution < -0.4 is 0 Å². The lowest BCUT2D eigenvalue weighted by molar-refractivity contribution is 0.607. The van der Waals surface area contributed by atoms with Gasteiger partial charge in [0.1, 0.15) is 0 Å². The Kier molecular flexibility index (Phi) is 6.01. The van der Waals surface area contributed by atoms with Crippen LogP contribution in [0.4, 0.5) is 0 Å². The van der Waals surface area contributed by atoms with Crippen LogP contribution in [0, 0.1) is 0 Å². The van der Waals surface area contributed by atoms with Crippen LogP contribution in [0.3, 0.4) is 0 Å². The molecule has 0 unspecified atom stereocenters. The van der Waals surface area contributed by atoms with Crippen LogP contribution >= 0.6 is 0 Å². The molecule has 3 aromatic rings. The summed E-state index contributed by atoms with van der Waals surface area (Å²) in [4.78, 5) is 4.61. The van der Waals surface area contributed by atoms with Crippen molar-refractivity contribution in [2.75, 3.05) is 0 Å². The zero-order valence-corrected chi connectivity index (χ0v) is 14.7. The molecular formula is C23H27N. The van der Waals surface area contributed by atoms with E-state index in [1.54, 1.807) is 0 Å². The molecule has 2 aromatic carbocycles. The van der Waals surface area contributed by atoms with Crippen molar-refractivity contribution >= 4 is 10.8 Å². The first-order chi connectivity index (χ1) is 11.9. The van der Waals surface area contributed by atoms with Gasteiger partial charge in [0.15, 0.2) is 0 Å². The number of hydrogen-bond acceptors (Lipinski definition) is 1. The van der Waals surface area contributed by atoms with Gasteiger partial charge < -0.3 is 0 Å². The highest BCUT2D eigenvalue weighted by atomic mass is 14.7. The SMILES string of the molecule is CCCCCCCCc1ccc(-c2nccc3ccccc23)cc1. The summed E-state index contributed by atoms with van der Waals surface area (Å²) in [7, 11) is 0. The Labute approximate surface area is 145 Å². The average molecular weight is 317 g/mol. The minimum atomic E-state index is 1.08. The van der Waals surface area contributed by atoms with Gasteiger partial charge in [-0.15, -0.1) is 0 Å². The third kappa shape index (κ3) is 4.23. The van der Waals surface area contributed by atoms with Crippen molar-refractivity contribution in [3.8, 4) is 11.3 Å². The van der Waals surface area contributed by atoms with E-state index >= 15 is 0 Å². The minimum absolute atomic E-state index is 1.08. The van der Waals surface area contributed by atoms with Crippen molar-refractivity contribution in [1.82, 2.24) is 4.98 Å². The second-order valence-electron chi connectivity index (χ2n) is 6.60. The average Bonchev–Trinajstić information content (AvgIpc) is 2.65. The second-order valence-corrected chi connectivity index (χ2v) is 6.60. The van der Waals surface area contributed by atoms with Gasteiger partial charge in [-0.2, -0.15) is 0 Å². The molecule has 0 amide bonds. The lowest BCUT2D eigenvalue weighted by atomic mass is 10.0. The van der Waals surface area contributed by atoms with E-state index in [9.17, 15) is 0 Å². The van der Waals surface area contributed by atoms with Gasteiger partial charge in [-0.25, -0.2) is 0 Å². The fourth-order valence-electron chi connectivity index (χ4n) is 3.29. The van der Waals surface area contributed by atoms with E-state index in [0.717, 1.165) is 5.69 Å². The Balaban J connectivity index is 1.64. The van der Waals surface area contributed by atoms with E-state index in [1.165, 1.54) is 66.8 Å². The summed E-state index contributed by atoms with van der Waals surface area (Å²) in [5, 5.41) is 2.47. The number of unbranched alkanes of at least 4 members (excludes halogenated alkanes) is 5. The van der Waals surface area contributed by atoms with Crippen molar-refractivity contribution in [2.24, 2.45) is 0 Å². The molecular weight excluding hydrogens is 290 g/mol. The highest BCUT2D eigenvalue weighted by molar-refractivity contribution is 5.94. The van der Waals surface area contributed by atoms with Crippen molar-refractivity contribution in [1.29, 1.82) is 0 Å². The number of nitrogens with zero attached hydrogens (tertiary/aromatic N) is 1. The molecule has 0 aliphatic carbocycles. The lowest BCUT2D eigenvalue weighted by Crippen LogP contribution is -1.89. The van der Waals surface area contributed by atoms with Crippen LogP contribution in [0.15, 0.2) is 60.8 Å². The molecule has 0 N–H and O–H groups in total. The first-order valence-electron chi connectivity index (χ1n) is 9.31. The molecule has 1 nitrogen and oxygen atoms in total. The van der Waals surface area contributed by atoms with Crippen LogP contribution in [-0.4, -0.2) is 4.98 Å². The summed E-state index contributed by atoms with van der Waals surface area (Å²) in [5.74, 6) is 0. The van der Waals surface area contributed by atoms with E-state index in [0.29, 0.717) is 0 Å². The molecule has 124 valence electrons. The maximum Gasteiger partial charge on any atom is 0.0780 e. The molecule has 0 saturated heterocycles. The summed E-state index contributed by atoms with van der Waals surface area (Å²) in [5.41, 5.74) is 3.73. The molecule has 24 heavy (non-hydrogen) atoms. The largest absolute Gasteiger partial charge is 0.256 e. The van der Waals surface area contributed by atoms with Crippen molar-refractivity contribution in [2.45, 2.75) is 51.9 Å². The number of rotatable bonds is 8. The maximum atomic E-state index is 4.61. The standard InChI is InChI=1S/C23H27N/c1-2-3-4-5-6-7-10-19-13-15-21(16-14-19)23-22-12-9-8-11-20(22)17-18-24-23/h8-9,11-18H,2-7,10H2,1H3. The molecule has 1 heteroatoms. The normalized spacial score (nSPS) is 11.0. The van der Waals surface area contributed by atoms with E-state index < -0.39 is 0 Å². The van der Waals surface area contributed by atoms with Gasteiger partial charge in [-0.1, -0.05) is 87.6 Å². The molecule has 0 bridgehead atoms.